The number of nitrogens with zero attached hydrogens (tertiary/aromatic N) is 1. The SMILES string of the molecule is O=S(=O)(c1ccc2c(c1)OCO2)N1CCSCC1. The summed E-state index contributed by atoms with van der Waals surface area (Å²) in [6.07, 6.45) is 0. The first kappa shape index (κ1) is 12.1. The molecule has 5 nitrogen and oxygen atoms in total. The molecule has 0 bridgehead atoms. The lowest BCUT2D eigenvalue weighted by Gasteiger charge is -2.25. The van der Waals surface area contributed by atoms with Crippen LogP contribution in [-0.4, -0.2) is 44.1 Å². The number of benzene rings is 1. The number of fused-ring (bicyclic) bond motifs is 1. The van der Waals surface area contributed by atoms with Gasteiger partial charge in [0.05, 0.1) is 4.90 Å². The van der Waals surface area contributed by atoms with Gasteiger partial charge in [-0.1, -0.05) is 0 Å². The zero-order chi connectivity index (χ0) is 12.6. The summed E-state index contributed by atoms with van der Waals surface area (Å²) in [7, 11) is -3.40. The Bertz CT molecular complexity index is 552. The number of rotatable bonds is 2. The standard InChI is InChI=1S/C11H13NO4S2/c13-18(14,12-3-5-17-6-4-12)9-1-2-10-11(7-9)16-8-15-10/h1-2,7H,3-6,8H2. The fourth-order valence-electron chi connectivity index (χ4n) is 1.97. The lowest BCUT2D eigenvalue weighted by Crippen LogP contribution is -2.37. The van der Waals surface area contributed by atoms with Crippen molar-refractivity contribution in [3.05, 3.63) is 18.2 Å². The quantitative estimate of drug-likeness (QED) is 0.817. The molecule has 2 aliphatic rings. The molecule has 18 heavy (non-hydrogen) atoms. The van der Waals surface area contributed by atoms with Gasteiger partial charge in [0, 0.05) is 30.7 Å². The predicted molar refractivity (Wildman–Crippen MR) is 68.6 cm³/mol. The molecule has 0 aliphatic carbocycles. The van der Waals surface area contributed by atoms with Crippen LogP contribution in [0.2, 0.25) is 0 Å². The van der Waals surface area contributed by atoms with Gasteiger partial charge in [-0.25, -0.2) is 8.42 Å². The minimum Gasteiger partial charge on any atom is -0.454 e. The van der Waals surface area contributed by atoms with E-state index in [0.717, 1.165) is 11.5 Å². The molecule has 0 amide bonds. The molecule has 0 saturated carbocycles. The highest BCUT2D eigenvalue weighted by molar-refractivity contribution is 7.99. The second-order valence-electron chi connectivity index (χ2n) is 4.03. The van der Waals surface area contributed by atoms with Crippen molar-refractivity contribution in [1.29, 1.82) is 0 Å². The van der Waals surface area contributed by atoms with E-state index in [1.165, 1.54) is 4.31 Å². The molecular weight excluding hydrogens is 274 g/mol. The van der Waals surface area contributed by atoms with Gasteiger partial charge in [0.1, 0.15) is 0 Å². The van der Waals surface area contributed by atoms with Crippen LogP contribution >= 0.6 is 11.8 Å². The van der Waals surface area contributed by atoms with E-state index in [0.29, 0.717) is 24.6 Å². The van der Waals surface area contributed by atoms with Gasteiger partial charge < -0.3 is 9.47 Å². The Morgan fingerprint density at radius 1 is 1.11 bits per heavy atom. The van der Waals surface area contributed by atoms with E-state index >= 15 is 0 Å². The maximum Gasteiger partial charge on any atom is 0.243 e. The third-order valence-electron chi connectivity index (χ3n) is 2.95. The van der Waals surface area contributed by atoms with E-state index in [1.807, 2.05) is 0 Å². The van der Waals surface area contributed by atoms with Gasteiger partial charge in [-0.2, -0.15) is 16.1 Å². The molecule has 1 aromatic carbocycles. The molecule has 0 unspecified atom stereocenters. The van der Waals surface area contributed by atoms with E-state index in [1.54, 1.807) is 30.0 Å². The van der Waals surface area contributed by atoms with Crippen LogP contribution in [0.3, 0.4) is 0 Å². The van der Waals surface area contributed by atoms with Crippen LogP contribution in [0.25, 0.3) is 0 Å². The van der Waals surface area contributed by atoms with E-state index in [2.05, 4.69) is 0 Å². The summed E-state index contributed by atoms with van der Waals surface area (Å²) in [6, 6.07) is 4.76. The lowest BCUT2D eigenvalue weighted by atomic mass is 10.3. The number of hydrogen-bond acceptors (Lipinski definition) is 5. The van der Waals surface area contributed by atoms with Crippen LogP contribution in [0.15, 0.2) is 23.1 Å². The van der Waals surface area contributed by atoms with Crippen molar-refractivity contribution < 1.29 is 17.9 Å². The van der Waals surface area contributed by atoms with Gasteiger partial charge in [0.25, 0.3) is 0 Å². The summed E-state index contributed by atoms with van der Waals surface area (Å²) in [4.78, 5) is 0.277. The van der Waals surface area contributed by atoms with Crippen molar-refractivity contribution in [3.63, 3.8) is 0 Å². The second kappa shape index (κ2) is 4.64. The van der Waals surface area contributed by atoms with Crippen LogP contribution in [0.5, 0.6) is 11.5 Å². The predicted octanol–water partition coefficient (Wildman–Crippen LogP) is 1.15. The Labute approximate surface area is 110 Å². The monoisotopic (exact) mass is 287 g/mol. The number of thioether (sulfide) groups is 1. The zero-order valence-electron chi connectivity index (χ0n) is 9.66. The molecule has 2 aliphatic heterocycles. The van der Waals surface area contributed by atoms with Crippen LogP contribution in [0.4, 0.5) is 0 Å². The largest absolute Gasteiger partial charge is 0.454 e. The molecule has 2 heterocycles. The van der Waals surface area contributed by atoms with Gasteiger partial charge in [0.2, 0.25) is 16.8 Å². The van der Waals surface area contributed by atoms with Crippen molar-refractivity contribution in [3.8, 4) is 11.5 Å². The smallest absolute Gasteiger partial charge is 0.243 e. The second-order valence-corrected chi connectivity index (χ2v) is 7.19. The Hall–Kier alpha value is -0.920. The molecule has 3 rings (SSSR count). The van der Waals surface area contributed by atoms with E-state index in [-0.39, 0.29) is 11.7 Å². The maximum atomic E-state index is 12.4. The minimum atomic E-state index is -3.40. The average Bonchev–Trinajstić information content (AvgIpc) is 2.87. The van der Waals surface area contributed by atoms with Crippen molar-refractivity contribution >= 4 is 21.8 Å². The highest BCUT2D eigenvalue weighted by Gasteiger charge is 2.27. The van der Waals surface area contributed by atoms with E-state index in [9.17, 15) is 8.42 Å². The first-order valence-corrected chi connectivity index (χ1v) is 8.25. The van der Waals surface area contributed by atoms with Crippen molar-refractivity contribution in [2.75, 3.05) is 31.4 Å². The van der Waals surface area contributed by atoms with Crippen LogP contribution in [0.1, 0.15) is 0 Å². The topological polar surface area (TPSA) is 55.8 Å². The summed E-state index contributed by atoms with van der Waals surface area (Å²) in [6.45, 7) is 1.29. The molecule has 0 aromatic heterocycles. The number of hydrogen-bond donors (Lipinski definition) is 0. The highest BCUT2D eigenvalue weighted by Crippen LogP contribution is 2.34. The zero-order valence-corrected chi connectivity index (χ0v) is 11.3. The van der Waals surface area contributed by atoms with E-state index in [4.69, 9.17) is 9.47 Å². The summed E-state index contributed by atoms with van der Waals surface area (Å²) in [5, 5.41) is 0. The molecule has 7 heteroatoms. The van der Waals surface area contributed by atoms with E-state index < -0.39 is 10.0 Å². The molecule has 0 atom stereocenters. The van der Waals surface area contributed by atoms with Gasteiger partial charge in [0.15, 0.2) is 11.5 Å². The molecule has 1 aromatic rings. The summed E-state index contributed by atoms with van der Waals surface area (Å²) in [5.41, 5.74) is 0. The van der Waals surface area contributed by atoms with Crippen LogP contribution in [0, 0.1) is 0 Å². The third-order valence-corrected chi connectivity index (χ3v) is 5.79. The number of sulfonamides is 1. The molecule has 0 N–H and O–H groups in total. The summed E-state index contributed by atoms with van der Waals surface area (Å²) >= 11 is 1.78. The van der Waals surface area contributed by atoms with Crippen LogP contribution < -0.4 is 9.47 Å². The molecule has 1 saturated heterocycles. The van der Waals surface area contributed by atoms with Crippen molar-refractivity contribution in [2.45, 2.75) is 4.90 Å². The first-order chi connectivity index (χ1) is 8.68. The van der Waals surface area contributed by atoms with Gasteiger partial charge in [-0.3, -0.25) is 0 Å². The molecule has 98 valence electrons. The Kier molecular flexibility index (Phi) is 3.13. The van der Waals surface area contributed by atoms with Gasteiger partial charge in [-0.05, 0) is 12.1 Å². The molecular formula is C11H13NO4S2. The fraction of sp³-hybridized carbons (Fsp3) is 0.455. The Balaban J connectivity index is 1.93. The maximum absolute atomic E-state index is 12.4. The highest BCUT2D eigenvalue weighted by atomic mass is 32.2. The Morgan fingerprint density at radius 3 is 2.61 bits per heavy atom. The van der Waals surface area contributed by atoms with Crippen molar-refractivity contribution in [2.24, 2.45) is 0 Å². The van der Waals surface area contributed by atoms with Crippen LogP contribution in [-0.2, 0) is 10.0 Å². The Morgan fingerprint density at radius 2 is 1.83 bits per heavy atom. The molecule has 1 fully saturated rings. The first-order valence-electron chi connectivity index (χ1n) is 5.65. The lowest BCUT2D eigenvalue weighted by molar-refractivity contribution is 0.174. The fourth-order valence-corrected chi connectivity index (χ4v) is 4.56. The third kappa shape index (κ3) is 2.06. The summed E-state index contributed by atoms with van der Waals surface area (Å²) in [5.74, 6) is 2.80. The average molecular weight is 287 g/mol. The van der Waals surface area contributed by atoms with Gasteiger partial charge >= 0.3 is 0 Å². The number of ether oxygens (including phenoxy) is 2. The summed E-state index contributed by atoms with van der Waals surface area (Å²) < 4.78 is 36.7. The van der Waals surface area contributed by atoms with Crippen molar-refractivity contribution in [1.82, 2.24) is 4.31 Å². The molecule has 0 spiro atoms. The minimum absolute atomic E-state index is 0.152. The van der Waals surface area contributed by atoms with Gasteiger partial charge in [-0.15, -0.1) is 0 Å². The normalized spacial score (nSPS) is 20.0. The molecule has 0 radical (unpaired) electrons.